The van der Waals surface area contributed by atoms with E-state index in [1.807, 2.05) is 43.5 Å². The van der Waals surface area contributed by atoms with Crippen LogP contribution in [0.1, 0.15) is 63.4 Å². The second kappa shape index (κ2) is 9.15. The average molecular weight is 496 g/mol. The van der Waals surface area contributed by atoms with Gasteiger partial charge in [-0.1, -0.05) is 18.2 Å². The third kappa shape index (κ3) is 5.12. The van der Waals surface area contributed by atoms with Gasteiger partial charge in [-0.3, -0.25) is 9.47 Å². The van der Waals surface area contributed by atoms with Crippen molar-refractivity contribution in [2.45, 2.75) is 76.1 Å². The molecule has 2 aliphatic rings. The maximum absolute atomic E-state index is 12.9. The number of rotatable bonds is 3. The summed E-state index contributed by atoms with van der Waals surface area (Å²) in [6.45, 7) is 6.31. The number of amides is 1. The highest BCUT2D eigenvalue weighted by Gasteiger charge is 2.37. The molecule has 3 heterocycles. The number of carbonyl (C=O) groups excluding carboxylic acids is 1. The molecule has 8 nitrogen and oxygen atoms in total. The number of nitrogens with zero attached hydrogens (tertiary/aromatic N) is 5. The number of hydrogen-bond donors (Lipinski definition) is 0. The van der Waals surface area contributed by atoms with Crippen LogP contribution in [0, 0.1) is 0 Å². The zero-order valence-corrected chi connectivity index (χ0v) is 21.0. The third-order valence-electron chi connectivity index (χ3n) is 6.47. The van der Waals surface area contributed by atoms with Crippen molar-refractivity contribution in [2.24, 2.45) is 0 Å². The summed E-state index contributed by atoms with van der Waals surface area (Å²) in [5, 5.41) is 8.30. The topological polar surface area (TPSA) is 82.4 Å². The molecule has 1 amide bonds. The van der Waals surface area contributed by atoms with Crippen LogP contribution in [0.5, 0.6) is 5.88 Å². The summed E-state index contributed by atoms with van der Waals surface area (Å²) in [6.07, 6.45) is 6.41. The maximum atomic E-state index is 12.9. The predicted molar refractivity (Wildman–Crippen MR) is 131 cm³/mol. The van der Waals surface area contributed by atoms with Crippen LogP contribution in [0.4, 0.5) is 4.79 Å². The van der Waals surface area contributed by atoms with Crippen molar-refractivity contribution in [3.8, 4) is 11.6 Å². The van der Waals surface area contributed by atoms with Crippen molar-refractivity contribution >= 4 is 17.7 Å². The fourth-order valence-corrected chi connectivity index (χ4v) is 5.06. The van der Waals surface area contributed by atoms with Crippen molar-refractivity contribution < 1.29 is 14.3 Å². The number of alkyl halides is 1. The molecule has 0 spiro atoms. The van der Waals surface area contributed by atoms with Crippen molar-refractivity contribution in [3.05, 3.63) is 65.9 Å². The summed E-state index contributed by atoms with van der Waals surface area (Å²) < 4.78 is 13.6. The van der Waals surface area contributed by atoms with Crippen LogP contribution >= 0.6 is 11.6 Å². The molecule has 9 heteroatoms. The molecule has 1 aliphatic carbocycles. The molecular formula is C26H30ClN5O3. The number of benzene rings is 1. The van der Waals surface area contributed by atoms with Crippen LogP contribution in [0.2, 0.25) is 0 Å². The lowest BCUT2D eigenvalue weighted by Crippen LogP contribution is -2.36. The minimum atomic E-state index is -0.585. The molecule has 2 aromatic heterocycles. The van der Waals surface area contributed by atoms with Crippen molar-refractivity contribution in [2.75, 3.05) is 0 Å². The van der Waals surface area contributed by atoms with Gasteiger partial charge in [0.15, 0.2) is 5.82 Å². The van der Waals surface area contributed by atoms with E-state index >= 15 is 0 Å². The van der Waals surface area contributed by atoms with E-state index < -0.39 is 10.5 Å². The summed E-state index contributed by atoms with van der Waals surface area (Å²) >= 11 is 7.21. The Labute approximate surface area is 210 Å². The Bertz CT molecular complexity index is 1200. The molecule has 0 saturated heterocycles. The van der Waals surface area contributed by atoms with Crippen LogP contribution in [0.25, 0.3) is 5.69 Å². The third-order valence-corrected chi connectivity index (χ3v) is 7.07. The van der Waals surface area contributed by atoms with Crippen molar-refractivity contribution in [1.29, 1.82) is 0 Å². The van der Waals surface area contributed by atoms with Crippen molar-refractivity contribution in [3.63, 3.8) is 0 Å². The Hall–Kier alpha value is -3.13. The largest absolute Gasteiger partial charge is 0.474 e. The molecule has 0 bridgehead atoms. The smallest absolute Gasteiger partial charge is 0.411 e. The van der Waals surface area contributed by atoms with E-state index in [1.165, 1.54) is 0 Å². The summed E-state index contributed by atoms with van der Waals surface area (Å²) in [7, 11) is 0. The van der Waals surface area contributed by atoms with Gasteiger partial charge in [-0.05, 0) is 69.7 Å². The van der Waals surface area contributed by atoms with Gasteiger partial charge in [0, 0.05) is 12.3 Å². The molecule has 3 aromatic rings. The lowest BCUT2D eigenvalue weighted by molar-refractivity contribution is 0.0214. The summed E-state index contributed by atoms with van der Waals surface area (Å²) in [6, 6.07) is 11.9. The molecule has 0 N–H and O–H groups in total. The van der Waals surface area contributed by atoms with Crippen LogP contribution in [0.15, 0.2) is 48.9 Å². The van der Waals surface area contributed by atoms with Crippen molar-refractivity contribution in [1.82, 2.24) is 24.6 Å². The molecule has 1 aliphatic heterocycles. The van der Waals surface area contributed by atoms with E-state index in [4.69, 9.17) is 21.1 Å². The number of aromatic nitrogens is 4. The molecule has 0 unspecified atom stereocenters. The SMILES string of the molecule is CC(C)(C)OC(=O)N1Cc2cc(C3(Cl)CCC(Oc4ccccn4)CC3)ccc2-n2cnnc2C1. The Kier molecular flexibility index (Phi) is 6.17. The minimum absolute atomic E-state index is 0.0971. The van der Waals surface area contributed by atoms with Crippen LogP contribution < -0.4 is 4.74 Å². The number of pyridine rings is 1. The summed E-state index contributed by atoms with van der Waals surface area (Å²) in [5.74, 6) is 1.34. The zero-order chi connectivity index (χ0) is 24.6. The Morgan fingerprint density at radius 2 is 1.94 bits per heavy atom. The average Bonchev–Trinajstić information content (AvgIpc) is 3.21. The Balaban J connectivity index is 1.37. The Morgan fingerprint density at radius 1 is 1.14 bits per heavy atom. The number of hydrogen-bond acceptors (Lipinski definition) is 6. The molecule has 35 heavy (non-hydrogen) atoms. The predicted octanol–water partition coefficient (Wildman–Crippen LogP) is 5.37. The van der Waals surface area contributed by atoms with E-state index in [9.17, 15) is 4.79 Å². The first-order valence-corrected chi connectivity index (χ1v) is 12.4. The molecule has 1 saturated carbocycles. The first-order chi connectivity index (χ1) is 16.7. The molecule has 184 valence electrons. The van der Waals surface area contributed by atoms with E-state index in [2.05, 4.69) is 33.4 Å². The van der Waals surface area contributed by atoms with Gasteiger partial charge in [0.2, 0.25) is 5.88 Å². The Morgan fingerprint density at radius 3 is 2.66 bits per heavy atom. The quantitative estimate of drug-likeness (QED) is 0.454. The van der Waals surface area contributed by atoms with Crippen LogP contribution in [-0.2, 0) is 22.7 Å². The monoisotopic (exact) mass is 495 g/mol. The first-order valence-electron chi connectivity index (χ1n) is 12.0. The second-order valence-electron chi connectivity index (χ2n) is 10.2. The van der Waals surface area contributed by atoms with Gasteiger partial charge in [0.1, 0.15) is 18.0 Å². The molecule has 0 atom stereocenters. The standard InChI is InChI=1S/C26H30ClN5O3/c1-25(2,3)35-24(33)31-15-18-14-19(7-8-21(18)32-17-29-30-22(32)16-31)26(27)11-9-20(10-12-26)34-23-6-4-5-13-28-23/h4-8,13-14,17,20H,9-12,15-16H2,1-3H3. The van der Waals surface area contributed by atoms with Crippen LogP contribution in [0.3, 0.4) is 0 Å². The van der Waals surface area contributed by atoms with E-state index in [0.29, 0.717) is 24.8 Å². The second-order valence-corrected chi connectivity index (χ2v) is 11.0. The molecular weight excluding hydrogens is 466 g/mol. The van der Waals surface area contributed by atoms with E-state index in [-0.39, 0.29) is 12.2 Å². The fraction of sp³-hybridized carbons (Fsp3) is 0.462. The lowest BCUT2D eigenvalue weighted by Gasteiger charge is -2.36. The molecule has 0 radical (unpaired) electrons. The van der Waals surface area contributed by atoms with Gasteiger partial charge < -0.3 is 9.47 Å². The number of fused-ring (bicyclic) bond motifs is 3. The van der Waals surface area contributed by atoms with E-state index in [1.54, 1.807) is 17.4 Å². The van der Waals surface area contributed by atoms with Gasteiger partial charge in [-0.25, -0.2) is 9.78 Å². The first kappa shape index (κ1) is 23.6. The number of halogens is 1. The fourth-order valence-electron chi connectivity index (χ4n) is 4.72. The maximum Gasteiger partial charge on any atom is 0.411 e. The lowest BCUT2D eigenvalue weighted by atomic mass is 9.81. The number of carbonyl (C=O) groups is 1. The highest BCUT2D eigenvalue weighted by atomic mass is 35.5. The number of ether oxygens (including phenoxy) is 2. The van der Waals surface area contributed by atoms with Gasteiger partial charge in [0.05, 0.1) is 23.7 Å². The highest BCUT2D eigenvalue weighted by Crippen LogP contribution is 2.44. The van der Waals surface area contributed by atoms with Gasteiger partial charge >= 0.3 is 6.09 Å². The van der Waals surface area contributed by atoms with Gasteiger partial charge in [0.25, 0.3) is 0 Å². The summed E-state index contributed by atoms with van der Waals surface area (Å²) in [4.78, 5) is 18.4. The van der Waals surface area contributed by atoms with E-state index in [0.717, 1.165) is 42.5 Å². The van der Waals surface area contributed by atoms with Gasteiger partial charge in [-0.15, -0.1) is 21.8 Å². The normalized spacial score (nSPS) is 22.1. The molecule has 1 aromatic carbocycles. The highest BCUT2D eigenvalue weighted by molar-refractivity contribution is 6.24. The molecule has 5 rings (SSSR count). The van der Waals surface area contributed by atoms with Crippen LogP contribution in [-0.4, -0.2) is 42.4 Å². The van der Waals surface area contributed by atoms with Gasteiger partial charge in [-0.2, -0.15) is 0 Å². The zero-order valence-electron chi connectivity index (χ0n) is 20.3. The minimum Gasteiger partial charge on any atom is -0.474 e. The molecule has 1 fully saturated rings. The summed E-state index contributed by atoms with van der Waals surface area (Å²) in [5.41, 5.74) is 2.40.